The van der Waals surface area contributed by atoms with Crippen LogP contribution in [0.15, 0.2) is 42.7 Å². The van der Waals surface area contributed by atoms with Crippen LogP contribution < -0.4 is 4.90 Å². The van der Waals surface area contributed by atoms with Gasteiger partial charge < -0.3 is 24.4 Å². The highest BCUT2D eigenvalue weighted by atomic mass is 16.5. The van der Waals surface area contributed by atoms with Gasteiger partial charge in [0.05, 0.1) is 43.4 Å². The molecule has 3 saturated heterocycles. The molecule has 1 amide bonds. The fourth-order valence-electron chi connectivity index (χ4n) is 5.03. The van der Waals surface area contributed by atoms with Crippen molar-refractivity contribution < 1.29 is 19.4 Å². The number of aliphatic hydroxyl groups is 1. The molecule has 3 aliphatic heterocycles. The summed E-state index contributed by atoms with van der Waals surface area (Å²) in [5, 5.41) is 10.6. The lowest BCUT2D eigenvalue weighted by Crippen LogP contribution is -2.51. The van der Waals surface area contributed by atoms with Gasteiger partial charge in [0.2, 0.25) is 0 Å². The van der Waals surface area contributed by atoms with Crippen LogP contribution in [0.3, 0.4) is 0 Å². The Hall–Kier alpha value is -2.55. The van der Waals surface area contributed by atoms with E-state index in [0.717, 1.165) is 37.3 Å². The van der Waals surface area contributed by atoms with Gasteiger partial charge >= 0.3 is 0 Å². The molecule has 1 N–H and O–H groups in total. The Balaban J connectivity index is 1.26. The number of aromatic nitrogens is 2. The maximum Gasteiger partial charge on any atom is 0.274 e. The normalized spacial score (nSPS) is 25.7. The number of nitrogens with zero attached hydrogens (tertiary/aromatic N) is 4. The number of anilines is 1. The average molecular weight is 439 g/mol. The zero-order valence-corrected chi connectivity index (χ0v) is 18.2. The molecule has 2 atom stereocenters. The Morgan fingerprint density at radius 1 is 1.06 bits per heavy atom. The van der Waals surface area contributed by atoms with Crippen LogP contribution in [0.1, 0.15) is 47.8 Å². The molecule has 0 saturated carbocycles. The highest BCUT2D eigenvalue weighted by molar-refractivity contribution is 5.92. The zero-order chi connectivity index (χ0) is 22.0. The van der Waals surface area contributed by atoms with E-state index in [9.17, 15) is 9.90 Å². The van der Waals surface area contributed by atoms with Gasteiger partial charge in [-0.05, 0) is 18.4 Å². The molecule has 4 heterocycles. The van der Waals surface area contributed by atoms with Crippen LogP contribution in [0.25, 0.3) is 0 Å². The summed E-state index contributed by atoms with van der Waals surface area (Å²) in [4.78, 5) is 25.6. The number of carbonyl (C=O) groups is 1. The standard InChI is InChI=1S/C24H30N4O4/c29-19-14-21(18-4-2-1-3-5-18)32-24(15-19)6-8-27(9-7-24)22-17-25-16-20(26-22)23(30)28-10-12-31-13-11-28/h1-5,16-17,19,21,29H,6-15H2/t19-,21+/m0/s1. The first-order chi connectivity index (χ1) is 15.6. The number of aliphatic hydroxyl groups excluding tert-OH is 1. The Morgan fingerprint density at radius 2 is 1.81 bits per heavy atom. The first-order valence-electron chi connectivity index (χ1n) is 11.5. The van der Waals surface area contributed by atoms with E-state index in [-0.39, 0.29) is 23.7 Å². The number of hydrogen-bond donors (Lipinski definition) is 1. The second-order valence-corrected chi connectivity index (χ2v) is 8.95. The first kappa shape index (κ1) is 21.3. The molecule has 170 valence electrons. The second kappa shape index (κ2) is 9.13. The molecule has 1 aromatic heterocycles. The molecule has 2 aromatic rings. The van der Waals surface area contributed by atoms with Crippen molar-refractivity contribution in [2.45, 2.75) is 43.5 Å². The maximum absolute atomic E-state index is 12.8. The van der Waals surface area contributed by atoms with E-state index in [4.69, 9.17) is 9.47 Å². The molecule has 3 aliphatic rings. The van der Waals surface area contributed by atoms with E-state index in [1.165, 1.54) is 6.20 Å². The molecule has 32 heavy (non-hydrogen) atoms. The maximum atomic E-state index is 12.8. The van der Waals surface area contributed by atoms with Crippen LogP contribution in [0, 0.1) is 0 Å². The van der Waals surface area contributed by atoms with Crippen LogP contribution in [-0.4, -0.2) is 77.0 Å². The van der Waals surface area contributed by atoms with Crippen molar-refractivity contribution >= 4 is 11.7 Å². The minimum Gasteiger partial charge on any atom is -0.393 e. The minimum atomic E-state index is -0.366. The summed E-state index contributed by atoms with van der Waals surface area (Å²) in [7, 11) is 0. The van der Waals surface area contributed by atoms with Gasteiger partial charge in [0.1, 0.15) is 11.5 Å². The van der Waals surface area contributed by atoms with Gasteiger partial charge in [-0.15, -0.1) is 0 Å². The van der Waals surface area contributed by atoms with Crippen molar-refractivity contribution in [2.24, 2.45) is 0 Å². The molecule has 0 unspecified atom stereocenters. The number of amides is 1. The molecule has 3 fully saturated rings. The summed E-state index contributed by atoms with van der Waals surface area (Å²) >= 11 is 0. The third-order valence-corrected chi connectivity index (χ3v) is 6.80. The molecule has 0 radical (unpaired) electrons. The predicted molar refractivity (Wildman–Crippen MR) is 118 cm³/mol. The number of hydrogen-bond acceptors (Lipinski definition) is 7. The minimum absolute atomic E-state index is 0.0826. The second-order valence-electron chi connectivity index (χ2n) is 8.95. The fourth-order valence-corrected chi connectivity index (χ4v) is 5.03. The van der Waals surface area contributed by atoms with E-state index in [1.54, 1.807) is 11.1 Å². The molecule has 1 spiro atoms. The van der Waals surface area contributed by atoms with Crippen molar-refractivity contribution in [3.8, 4) is 0 Å². The molecule has 8 heteroatoms. The number of carbonyl (C=O) groups excluding carboxylic acids is 1. The summed E-state index contributed by atoms with van der Waals surface area (Å²) in [6.07, 6.45) is 5.70. The van der Waals surface area contributed by atoms with Crippen molar-refractivity contribution in [1.29, 1.82) is 0 Å². The number of ether oxygens (including phenoxy) is 2. The van der Waals surface area contributed by atoms with Crippen molar-refractivity contribution in [1.82, 2.24) is 14.9 Å². The lowest BCUT2D eigenvalue weighted by atomic mass is 9.81. The third-order valence-electron chi connectivity index (χ3n) is 6.80. The van der Waals surface area contributed by atoms with Crippen LogP contribution in [0.2, 0.25) is 0 Å². The summed E-state index contributed by atoms with van der Waals surface area (Å²) in [6, 6.07) is 10.2. The summed E-state index contributed by atoms with van der Waals surface area (Å²) in [6.45, 7) is 3.78. The predicted octanol–water partition coefficient (Wildman–Crippen LogP) is 2.20. The highest BCUT2D eigenvalue weighted by Gasteiger charge is 2.44. The third kappa shape index (κ3) is 4.48. The van der Waals surface area contributed by atoms with Crippen LogP contribution in [-0.2, 0) is 9.47 Å². The molecule has 5 rings (SSSR count). The molecule has 1 aromatic carbocycles. The lowest BCUT2D eigenvalue weighted by molar-refractivity contribution is -0.173. The van der Waals surface area contributed by atoms with Crippen LogP contribution in [0.4, 0.5) is 5.82 Å². The highest BCUT2D eigenvalue weighted by Crippen LogP contribution is 2.43. The van der Waals surface area contributed by atoms with Crippen molar-refractivity contribution in [3.63, 3.8) is 0 Å². The van der Waals surface area contributed by atoms with Crippen molar-refractivity contribution in [3.05, 3.63) is 54.0 Å². The Labute approximate surface area is 188 Å². The lowest BCUT2D eigenvalue weighted by Gasteiger charge is -2.48. The smallest absolute Gasteiger partial charge is 0.274 e. The fraction of sp³-hybridized carbons (Fsp3) is 0.542. The van der Waals surface area contributed by atoms with E-state index >= 15 is 0 Å². The largest absolute Gasteiger partial charge is 0.393 e. The molecular formula is C24H30N4O4. The van der Waals surface area contributed by atoms with Gasteiger partial charge in [0.15, 0.2) is 0 Å². The van der Waals surface area contributed by atoms with Crippen LogP contribution in [0.5, 0.6) is 0 Å². The van der Waals surface area contributed by atoms with Gasteiger partial charge in [0, 0.05) is 39.0 Å². The number of rotatable bonds is 3. The first-order valence-corrected chi connectivity index (χ1v) is 11.5. The van der Waals surface area contributed by atoms with Crippen LogP contribution >= 0.6 is 0 Å². The quantitative estimate of drug-likeness (QED) is 0.786. The Kier molecular flexibility index (Phi) is 6.08. The topological polar surface area (TPSA) is 88.0 Å². The summed E-state index contributed by atoms with van der Waals surface area (Å²) < 4.78 is 11.9. The average Bonchev–Trinajstić information content (AvgIpc) is 2.85. The van der Waals surface area contributed by atoms with Gasteiger partial charge in [-0.25, -0.2) is 4.98 Å². The van der Waals surface area contributed by atoms with E-state index in [1.807, 2.05) is 18.2 Å². The summed E-state index contributed by atoms with van der Waals surface area (Å²) in [5.41, 5.74) is 1.16. The number of benzene rings is 1. The SMILES string of the molecule is O=C(c1cncc(N2CCC3(CC2)C[C@@H](O)C[C@H](c2ccccc2)O3)n1)N1CCOCC1. The van der Waals surface area contributed by atoms with E-state index < -0.39 is 0 Å². The van der Waals surface area contributed by atoms with Gasteiger partial charge in [0.25, 0.3) is 5.91 Å². The summed E-state index contributed by atoms with van der Waals surface area (Å²) in [5.74, 6) is 0.621. The Bertz CT molecular complexity index is 927. The molecular weight excluding hydrogens is 408 g/mol. The van der Waals surface area contributed by atoms with Gasteiger partial charge in [-0.3, -0.25) is 9.78 Å². The molecule has 8 nitrogen and oxygen atoms in total. The van der Waals surface area contributed by atoms with Gasteiger partial charge in [-0.1, -0.05) is 30.3 Å². The number of morpholine rings is 1. The van der Waals surface area contributed by atoms with Gasteiger partial charge in [-0.2, -0.15) is 0 Å². The van der Waals surface area contributed by atoms with E-state index in [0.29, 0.717) is 44.8 Å². The zero-order valence-electron chi connectivity index (χ0n) is 18.2. The molecule has 0 bridgehead atoms. The van der Waals surface area contributed by atoms with E-state index in [2.05, 4.69) is 27.0 Å². The monoisotopic (exact) mass is 438 g/mol. The van der Waals surface area contributed by atoms with Crippen molar-refractivity contribution in [2.75, 3.05) is 44.3 Å². The number of piperidine rings is 1. The Morgan fingerprint density at radius 3 is 2.56 bits per heavy atom. The molecule has 0 aliphatic carbocycles.